The molecule has 9 N–H and O–H groups in total. The molecule has 8 saturated carbocycles. The number of nitrogens with two attached hydrogens (primary N) is 3. The first-order chi connectivity index (χ1) is 35.2. The molecule has 18 nitrogen and oxygen atoms in total. The second kappa shape index (κ2) is 22.9. The van der Waals surface area contributed by atoms with E-state index in [0.29, 0.717) is 29.6 Å². The topological polar surface area (TPSA) is 302 Å². The average molecular weight is 1110 g/mol. The minimum absolute atomic E-state index is 0.0150. The Morgan fingerprint density at radius 3 is 1.50 bits per heavy atom. The summed E-state index contributed by atoms with van der Waals surface area (Å²) in [7, 11) is -7.88. The standard InChI is InChI=1S/C25H37BN2O5S.C14H25BN2O2.C10H13NO4S.C2HF3O2/c1-24(2)18-13-22(24)25(27)23(14-18)32-26(33-25)19(11-17-9-10-17)15-21(29)20(28-34(3,30)31)12-16-7-5-4-6-8-16;1-13(2)9-6-10(13)14(17)11(7-9)18-15(19-14)12(16)5-8-3-4-8;1-16(14,15)11-9(10(12)13)7-8-5-3-2-4-6-8;3-2(4,5)1(6)7/h4-8,17-20,22-23,28H,9-15,27H2,1-3H3;8-12H,3-7,16-17H2,1-2H3;2-6,9,11H,7H2,1H3,(H,12,13);(H,6,7)/p-1/t18-,19+,20?,22-,23+,25-;9-,10-,11+,12-,14-;;/m00../s1. The van der Waals surface area contributed by atoms with Gasteiger partial charge in [0, 0.05) is 30.0 Å². The molecule has 2 saturated heterocycles. The average Bonchev–Trinajstić information content (AvgIpc) is 4.25. The maximum atomic E-state index is 13.5. The molecule has 0 amide bonds. The number of carbonyl (C=O) groups is 3. The molecule has 76 heavy (non-hydrogen) atoms. The highest BCUT2D eigenvalue weighted by atomic mass is 32.2. The number of hydrogen-bond acceptors (Lipinski definition) is 15. The molecule has 2 aromatic rings. The molecule has 422 valence electrons. The van der Waals surface area contributed by atoms with Gasteiger partial charge in [0.2, 0.25) is 20.0 Å². The predicted octanol–water partition coefficient (Wildman–Crippen LogP) is 3.71. The van der Waals surface area contributed by atoms with Crippen LogP contribution in [0.5, 0.6) is 0 Å². The number of alkyl halides is 3. The van der Waals surface area contributed by atoms with Crippen molar-refractivity contribution in [2.24, 2.45) is 63.5 Å². The van der Waals surface area contributed by atoms with E-state index < -0.39 is 68.8 Å². The molecule has 2 unspecified atom stereocenters. The number of sulfonamides is 2. The van der Waals surface area contributed by atoms with Crippen molar-refractivity contribution in [3.8, 4) is 0 Å². The summed E-state index contributed by atoms with van der Waals surface area (Å²) in [6.07, 6.45) is 8.40. The third-order valence-electron chi connectivity index (χ3n) is 17.3. The van der Waals surface area contributed by atoms with Gasteiger partial charge in [-0.2, -0.15) is 13.2 Å². The van der Waals surface area contributed by atoms with E-state index in [1.54, 1.807) is 24.3 Å². The fourth-order valence-corrected chi connectivity index (χ4v) is 13.9. The Morgan fingerprint density at radius 2 is 1.11 bits per heavy atom. The van der Waals surface area contributed by atoms with Gasteiger partial charge in [0.1, 0.15) is 23.5 Å². The van der Waals surface area contributed by atoms with Crippen LogP contribution < -0.4 is 31.8 Å². The van der Waals surface area contributed by atoms with E-state index in [-0.39, 0.29) is 61.0 Å². The molecule has 2 heterocycles. The van der Waals surface area contributed by atoms with E-state index in [4.69, 9.17) is 50.8 Å². The number of carboxylic acids is 2. The number of rotatable bonds is 18. The Morgan fingerprint density at radius 1 is 0.711 bits per heavy atom. The molecule has 10 fully saturated rings. The number of carboxylic acid groups (broad SMARTS) is 2. The summed E-state index contributed by atoms with van der Waals surface area (Å²) in [5, 5.41) is 17.7. The molecule has 0 aromatic heterocycles. The quantitative estimate of drug-likeness (QED) is 0.116. The minimum atomic E-state index is -5.19. The summed E-state index contributed by atoms with van der Waals surface area (Å²) in [6.45, 7) is 9.17. The van der Waals surface area contributed by atoms with Gasteiger partial charge in [-0.1, -0.05) is 114 Å². The summed E-state index contributed by atoms with van der Waals surface area (Å²) in [6, 6.07) is 16.4. The van der Waals surface area contributed by atoms with Crippen LogP contribution in [0.2, 0.25) is 5.82 Å². The number of aliphatic carboxylic acids is 2. The lowest BCUT2D eigenvalue weighted by molar-refractivity contribution is -0.344. The summed E-state index contributed by atoms with van der Waals surface area (Å²) in [4.78, 5) is 33.1. The zero-order chi connectivity index (χ0) is 56.0. The Labute approximate surface area is 445 Å². The van der Waals surface area contributed by atoms with E-state index in [1.807, 2.05) is 36.4 Å². The van der Waals surface area contributed by atoms with Gasteiger partial charge in [-0.25, -0.2) is 26.3 Å². The second-order valence-electron chi connectivity index (χ2n) is 23.9. The zero-order valence-electron chi connectivity index (χ0n) is 44.1. The molecule has 2 aromatic carbocycles. The van der Waals surface area contributed by atoms with Crippen molar-refractivity contribution in [3.63, 3.8) is 0 Å². The van der Waals surface area contributed by atoms with Crippen LogP contribution in [0.25, 0.3) is 0 Å². The third kappa shape index (κ3) is 14.6. The Balaban J connectivity index is 0.000000169. The Kier molecular flexibility index (Phi) is 18.2. The number of nitrogens with one attached hydrogen (secondary N) is 2. The van der Waals surface area contributed by atoms with Gasteiger partial charge in [-0.05, 0) is 97.0 Å². The zero-order valence-corrected chi connectivity index (χ0v) is 45.7. The third-order valence-corrected chi connectivity index (χ3v) is 18.7. The van der Waals surface area contributed by atoms with Crippen LogP contribution in [0.15, 0.2) is 60.7 Å². The van der Waals surface area contributed by atoms with E-state index in [0.717, 1.165) is 80.4 Å². The monoisotopic (exact) mass is 1110 g/mol. The van der Waals surface area contributed by atoms with Gasteiger partial charge in [-0.3, -0.25) is 9.59 Å². The van der Waals surface area contributed by atoms with Gasteiger partial charge in [0.25, 0.3) is 0 Å². The summed E-state index contributed by atoms with van der Waals surface area (Å²) < 4.78 is 107. The molecule has 8 aliphatic carbocycles. The van der Waals surface area contributed by atoms with E-state index in [1.165, 1.54) is 19.3 Å². The largest absolute Gasteiger partial charge is 0.542 e. The summed E-state index contributed by atoms with van der Waals surface area (Å²) >= 11 is 0. The number of Topliss-reactive ketones (excluding diaryl/α,β-unsaturated/α-hetero) is 1. The molecule has 0 spiro atoms. The first-order valence-electron chi connectivity index (χ1n) is 26.3. The van der Waals surface area contributed by atoms with Crippen LogP contribution in [-0.2, 0) is 65.9 Å². The van der Waals surface area contributed by atoms with Gasteiger partial charge >= 0.3 is 26.4 Å². The molecule has 4 bridgehead atoms. The highest BCUT2D eigenvalue weighted by Gasteiger charge is 2.70. The smallest absolute Gasteiger partial charge is 0.476 e. The molecule has 25 heteroatoms. The lowest BCUT2D eigenvalue weighted by Gasteiger charge is -2.64. The predicted molar refractivity (Wildman–Crippen MR) is 276 cm³/mol. The minimum Gasteiger partial charge on any atom is -0.542 e. The number of halogens is 3. The van der Waals surface area contributed by atoms with E-state index >= 15 is 0 Å². The van der Waals surface area contributed by atoms with Crippen LogP contribution in [0.3, 0.4) is 0 Å². The molecule has 12 rings (SSSR count). The van der Waals surface area contributed by atoms with Crippen molar-refractivity contribution in [2.45, 2.75) is 165 Å². The van der Waals surface area contributed by atoms with Crippen LogP contribution in [-0.4, -0.2) is 114 Å². The van der Waals surface area contributed by atoms with Crippen LogP contribution in [0.1, 0.15) is 109 Å². The fraction of sp³-hybridized carbons (Fsp3) is 0.706. The van der Waals surface area contributed by atoms with Crippen molar-refractivity contribution >= 4 is 52.0 Å². The first kappa shape index (κ1) is 60.2. The molecule has 12 atom stereocenters. The number of benzene rings is 2. The number of carbonyl (C=O) groups excluding carboxylic acids is 2. The van der Waals surface area contributed by atoms with Crippen molar-refractivity contribution in [1.29, 1.82) is 0 Å². The Hall–Kier alpha value is -3.49. The maximum absolute atomic E-state index is 13.5. The van der Waals surface area contributed by atoms with Crippen molar-refractivity contribution in [2.75, 3.05) is 12.5 Å². The van der Waals surface area contributed by atoms with Crippen molar-refractivity contribution in [1.82, 2.24) is 9.44 Å². The maximum Gasteiger partial charge on any atom is 0.476 e. The molecule has 2 aliphatic heterocycles. The summed E-state index contributed by atoms with van der Waals surface area (Å²) in [5.41, 5.74) is 20.4. The summed E-state index contributed by atoms with van der Waals surface area (Å²) in [5.74, 6) is -1.10. The van der Waals surface area contributed by atoms with E-state index in [9.17, 15) is 39.6 Å². The van der Waals surface area contributed by atoms with Gasteiger partial charge in [0.15, 0.2) is 5.78 Å². The lowest BCUT2D eigenvalue weighted by atomic mass is 9.45. The highest BCUT2D eigenvalue weighted by Crippen LogP contribution is 2.66. The number of hydrogen-bond donors (Lipinski definition) is 6. The molecular weight excluding hydrogens is 1030 g/mol. The number of ketones is 1. The Bertz CT molecular complexity index is 2600. The van der Waals surface area contributed by atoms with Gasteiger partial charge in [0.05, 0.1) is 30.8 Å². The van der Waals surface area contributed by atoms with Gasteiger partial charge in [-0.15, -0.1) is 0 Å². The highest BCUT2D eigenvalue weighted by molar-refractivity contribution is 7.89. The molecular formula is C51H75B2F3N5O13S2-. The lowest BCUT2D eigenvalue weighted by Crippen LogP contribution is -2.70. The van der Waals surface area contributed by atoms with E-state index in [2.05, 4.69) is 37.1 Å². The van der Waals surface area contributed by atoms with Crippen LogP contribution >= 0.6 is 0 Å². The van der Waals surface area contributed by atoms with Crippen LogP contribution in [0.4, 0.5) is 13.2 Å². The normalized spacial score (nSPS) is 31.1. The molecule has 10 aliphatic rings. The second-order valence-corrected chi connectivity index (χ2v) is 27.4. The SMILES string of the molecule is CC1(C)[C@@H]2C[C@H]3OB([C@@H](CC(=O)C(Cc4ccccc4)NS(C)(=O)=O)CC4CC4)O[C@@]3(N)[C@H]1C2.CC1(C)[C@@H]2C[C@H]3OB([C@@H](N)CC4CC4)O[C@@]3(N)[C@H]1C2.CS(=O)(=O)NC(Cc1ccccc1)C(=O)O.O=C([O-])C(F)(F)F. The van der Waals surface area contributed by atoms with Gasteiger partial charge < -0.3 is 50.8 Å². The van der Waals surface area contributed by atoms with Crippen molar-refractivity contribution in [3.05, 3.63) is 71.8 Å². The molecule has 0 radical (unpaired) electrons. The van der Waals surface area contributed by atoms with Crippen LogP contribution in [0, 0.1) is 46.3 Å². The first-order valence-corrected chi connectivity index (χ1v) is 30.0. The van der Waals surface area contributed by atoms with Crippen molar-refractivity contribution < 1.29 is 73.2 Å². The fourth-order valence-electron chi connectivity index (χ4n) is 12.5.